The molecule has 3 aromatic rings. The number of nitrogens with zero attached hydrogens (tertiary/aromatic N) is 4. The first-order chi connectivity index (χ1) is 16.1. The number of benzene rings is 2. The van der Waals surface area contributed by atoms with E-state index in [1.165, 1.54) is 0 Å². The first kappa shape index (κ1) is 22.8. The maximum atomic E-state index is 12.6. The Bertz CT molecular complexity index is 1120. The van der Waals surface area contributed by atoms with E-state index in [9.17, 15) is 4.79 Å². The topological polar surface area (TPSA) is 80.9 Å². The number of amides is 1. The number of carbonyl (C=O) groups is 1. The Kier molecular flexibility index (Phi) is 7.26. The van der Waals surface area contributed by atoms with Gasteiger partial charge < -0.3 is 18.9 Å². The van der Waals surface area contributed by atoms with Gasteiger partial charge in [0.15, 0.2) is 11.5 Å². The summed E-state index contributed by atoms with van der Waals surface area (Å²) in [5.41, 5.74) is 1.72. The van der Waals surface area contributed by atoms with Gasteiger partial charge in [0, 0.05) is 42.8 Å². The van der Waals surface area contributed by atoms with E-state index in [-0.39, 0.29) is 5.91 Å². The highest BCUT2D eigenvalue weighted by Gasteiger charge is 2.21. The molecule has 1 aromatic heterocycles. The van der Waals surface area contributed by atoms with Crippen LogP contribution in [-0.4, -0.2) is 66.2 Å². The molecular weight excluding hydrogens is 444 g/mol. The van der Waals surface area contributed by atoms with Gasteiger partial charge in [-0.3, -0.25) is 9.69 Å². The molecule has 0 radical (unpaired) electrons. The lowest BCUT2D eigenvalue weighted by atomic mass is 10.2. The summed E-state index contributed by atoms with van der Waals surface area (Å²) in [6.07, 6.45) is 3.38. The van der Waals surface area contributed by atoms with Crippen LogP contribution in [0.3, 0.4) is 0 Å². The highest BCUT2D eigenvalue weighted by molar-refractivity contribution is 6.30. The van der Waals surface area contributed by atoms with Crippen molar-refractivity contribution < 1.29 is 18.8 Å². The molecule has 0 bridgehead atoms. The summed E-state index contributed by atoms with van der Waals surface area (Å²) in [5, 5.41) is 4.72. The SMILES string of the molecule is COc1ccc(/C=C/C(=O)N2CCN(Cc3nc(-c4ccc(Cl)cc4)no3)CC2)cc1OC. The minimum Gasteiger partial charge on any atom is -0.493 e. The van der Waals surface area contributed by atoms with Gasteiger partial charge in [0.2, 0.25) is 17.6 Å². The fraction of sp³-hybridized carbons (Fsp3) is 0.292. The molecule has 0 N–H and O–H groups in total. The van der Waals surface area contributed by atoms with Crippen LogP contribution in [0.2, 0.25) is 5.02 Å². The van der Waals surface area contributed by atoms with E-state index >= 15 is 0 Å². The van der Waals surface area contributed by atoms with Crippen molar-refractivity contribution >= 4 is 23.6 Å². The molecule has 1 fully saturated rings. The van der Waals surface area contributed by atoms with E-state index in [0.29, 0.717) is 47.9 Å². The van der Waals surface area contributed by atoms with Crippen LogP contribution in [0.5, 0.6) is 11.5 Å². The molecule has 4 rings (SSSR count). The monoisotopic (exact) mass is 468 g/mol. The Labute approximate surface area is 197 Å². The second-order valence-corrected chi connectivity index (χ2v) is 8.00. The summed E-state index contributed by atoms with van der Waals surface area (Å²) in [5.74, 6) is 2.34. The Morgan fingerprint density at radius 2 is 1.79 bits per heavy atom. The number of aromatic nitrogens is 2. The standard InChI is InChI=1S/C24H25ClN4O4/c1-31-20-9-3-17(15-21(20)32-2)4-10-23(30)29-13-11-28(12-14-29)16-22-26-24(27-33-22)18-5-7-19(25)8-6-18/h3-10,15H,11-14,16H2,1-2H3/b10-4+. The van der Waals surface area contributed by atoms with Crippen LogP contribution in [0, 0.1) is 0 Å². The molecule has 8 nitrogen and oxygen atoms in total. The molecule has 2 heterocycles. The van der Waals surface area contributed by atoms with Gasteiger partial charge in [-0.1, -0.05) is 22.8 Å². The van der Waals surface area contributed by atoms with E-state index < -0.39 is 0 Å². The molecule has 0 aliphatic carbocycles. The maximum Gasteiger partial charge on any atom is 0.246 e. The summed E-state index contributed by atoms with van der Waals surface area (Å²) in [6.45, 7) is 3.27. The van der Waals surface area contributed by atoms with Crippen LogP contribution in [0.4, 0.5) is 0 Å². The van der Waals surface area contributed by atoms with E-state index in [1.807, 2.05) is 35.2 Å². The second-order valence-electron chi connectivity index (χ2n) is 7.57. The number of halogens is 1. The number of piperazine rings is 1. The van der Waals surface area contributed by atoms with E-state index in [1.54, 1.807) is 38.5 Å². The summed E-state index contributed by atoms with van der Waals surface area (Å²) in [7, 11) is 3.18. The van der Waals surface area contributed by atoms with Gasteiger partial charge >= 0.3 is 0 Å². The molecule has 1 aliphatic heterocycles. The molecule has 9 heteroatoms. The zero-order chi connectivity index (χ0) is 23.2. The number of ether oxygens (including phenoxy) is 2. The largest absolute Gasteiger partial charge is 0.493 e. The van der Waals surface area contributed by atoms with Crippen molar-refractivity contribution in [2.45, 2.75) is 6.54 Å². The van der Waals surface area contributed by atoms with Crippen LogP contribution >= 0.6 is 11.6 Å². The molecule has 1 aliphatic rings. The Morgan fingerprint density at radius 3 is 2.48 bits per heavy atom. The van der Waals surface area contributed by atoms with Gasteiger partial charge in [-0.05, 0) is 48.0 Å². The lowest BCUT2D eigenvalue weighted by molar-refractivity contribution is -0.127. The van der Waals surface area contributed by atoms with Gasteiger partial charge in [-0.25, -0.2) is 0 Å². The first-order valence-electron chi connectivity index (χ1n) is 10.6. The average molecular weight is 469 g/mol. The van der Waals surface area contributed by atoms with E-state index in [4.69, 9.17) is 25.6 Å². The summed E-state index contributed by atoms with van der Waals surface area (Å²) in [4.78, 5) is 21.1. The normalized spacial score (nSPS) is 14.6. The molecule has 1 saturated heterocycles. The van der Waals surface area contributed by atoms with Crippen molar-refractivity contribution in [1.82, 2.24) is 19.9 Å². The van der Waals surface area contributed by atoms with Crippen molar-refractivity contribution in [3.63, 3.8) is 0 Å². The quantitative estimate of drug-likeness (QED) is 0.488. The molecule has 2 aromatic carbocycles. The van der Waals surface area contributed by atoms with Crippen molar-refractivity contribution in [3.8, 4) is 22.9 Å². The number of carbonyl (C=O) groups excluding carboxylic acids is 1. The third kappa shape index (κ3) is 5.71. The predicted molar refractivity (Wildman–Crippen MR) is 125 cm³/mol. The van der Waals surface area contributed by atoms with Crippen LogP contribution in [0.25, 0.3) is 17.5 Å². The number of hydrogen-bond acceptors (Lipinski definition) is 7. The highest BCUT2D eigenvalue weighted by Crippen LogP contribution is 2.28. The van der Waals surface area contributed by atoms with E-state index in [2.05, 4.69) is 15.0 Å². The van der Waals surface area contributed by atoms with Crippen LogP contribution in [-0.2, 0) is 11.3 Å². The fourth-order valence-corrected chi connectivity index (χ4v) is 3.71. The number of hydrogen-bond donors (Lipinski definition) is 0. The van der Waals surface area contributed by atoms with E-state index in [0.717, 1.165) is 24.2 Å². The van der Waals surface area contributed by atoms with Crippen molar-refractivity contribution in [2.24, 2.45) is 0 Å². The van der Waals surface area contributed by atoms with Crippen LogP contribution < -0.4 is 9.47 Å². The van der Waals surface area contributed by atoms with Gasteiger partial charge in [0.1, 0.15) is 0 Å². The Hall–Kier alpha value is -3.36. The Morgan fingerprint density at radius 1 is 1.06 bits per heavy atom. The molecule has 0 unspecified atom stereocenters. The first-order valence-corrected chi connectivity index (χ1v) is 10.9. The van der Waals surface area contributed by atoms with Gasteiger partial charge in [0.25, 0.3) is 0 Å². The van der Waals surface area contributed by atoms with Gasteiger partial charge in [-0.15, -0.1) is 0 Å². The van der Waals surface area contributed by atoms with Crippen LogP contribution in [0.15, 0.2) is 53.1 Å². The lowest BCUT2D eigenvalue weighted by Crippen LogP contribution is -2.47. The molecule has 0 atom stereocenters. The van der Waals surface area contributed by atoms with Crippen molar-refractivity contribution in [2.75, 3.05) is 40.4 Å². The molecular formula is C24H25ClN4O4. The van der Waals surface area contributed by atoms with Crippen molar-refractivity contribution in [1.29, 1.82) is 0 Å². The van der Waals surface area contributed by atoms with Gasteiger partial charge in [-0.2, -0.15) is 4.98 Å². The average Bonchev–Trinajstić information content (AvgIpc) is 3.31. The minimum absolute atomic E-state index is 0.0211. The third-order valence-corrected chi connectivity index (χ3v) is 5.69. The Balaban J connectivity index is 1.28. The highest BCUT2D eigenvalue weighted by atomic mass is 35.5. The fourth-order valence-electron chi connectivity index (χ4n) is 3.58. The molecule has 1 amide bonds. The lowest BCUT2D eigenvalue weighted by Gasteiger charge is -2.33. The molecule has 0 saturated carbocycles. The summed E-state index contributed by atoms with van der Waals surface area (Å²) < 4.78 is 16.0. The van der Waals surface area contributed by atoms with Gasteiger partial charge in [0.05, 0.1) is 20.8 Å². The molecule has 33 heavy (non-hydrogen) atoms. The zero-order valence-corrected chi connectivity index (χ0v) is 19.3. The van der Waals surface area contributed by atoms with Crippen LogP contribution in [0.1, 0.15) is 11.5 Å². The second kappa shape index (κ2) is 10.5. The molecule has 172 valence electrons. The predicted octanol–water partition coefficient (Wildman–Crippen LogP) is 3.76. The molecule has 0 spiro atoms. The minimum atomic E-state index is -0.0211. The number of methoxy groups -OCH3 is 2. The smallest absolute Gasteiger partial charge is 0.246 e. The zero-order valence-electron chi connectivity index (χ0n) is 18.5. The summed E-state index contributed by atoms with van der Waals surface area (Å²) >= 11 is 5.93. The number of rotatable bonds is 7. The maximum absolute atomic E-state index is 12.6. The third-order valence-electron chi connectivity index (χ3n) is 5.44. The van der Waals surface area contributed by atoms with Crippen molar-refractivity contribution in [3.05, 3.63) is 65.0 Å². The summed E-state index contributed by atoms with van der Waals surface area (Å²) in [6, 6.07) is 12.8.